The van der Waals surface area contributed by atoms with Crippen molar-refractivity contribution in [3.8, 4) is 0 Å². The van der Waals surface area contributed by atoms with E-state index in [1.54, 1.807) is 17.8 Å². The summed E-state index contributed by atoms with van der Waals surface area (Å²) in [6.07, 6.45) is 1.28. The molecule has 5 nitrogen and oxygen atoms in total. The largest absolute Gasteiger partial charge is 0.387 e. The maximum atomic E-state index is 9.18. The summed E-state index contributed by atoms with van der Waals surface area (Å²) < 4.78 is 1.80. The highest BCUT2D eigenvalue weighted by molar-refractivity contribution is 4.97. The molecule has 0 aromatic carbocycles. The van der Waals surface area contributed by atoms with Crippen LogP contribution in [0.5, 0.6) is 0 Å². The van der Waals surface area contributed by atoms with Crippen LogP contribution in [-0.2, 0) is 0 Å². The summed E-state index contributed by atoms with van der Waals surface area (Å²) in [6.45, 7) is 3.58. The Balaban J connectivity index is 2.12. The molecule has 66 valence electrons. The van der Waals surface area contributed by atoms with Crippen molar-refractivity contribution in [3.63, 3.8) is 0 Å². The first-order valence-corrected chi connectivity index (χ1v) is 4.08. The predicted molar refractivity (Wildman–Crippen MR) is 42.6 cm³/mol. The lowest BCUT2D eigenvalue weighted by Gasteiger charge is -2.26. The molecule has 1 atom stereocenters. The summed E-state index contributed by atoms with van der Waals surface area (Å²) in [4.78, 5) is 0. The molecule has 1 aliphatic rings. The SMILES string of the molecule is C[C@H](O)c1cn(C2CNC2)nn1. The van der Waals surface area contributed by atoms with Crippen molar-refractivity contribution in [2.45, 2.75) is 19.1 Å². The third-order valence-corrected chi connectivity index (χ3v) is 2.09. The van der Waals surface area contributed by atoms with Crippen LogP contribution >= 0.6 is 0 Å². The van der Waals surface area contributed by atoms with Gasteiger partial charge in [-0.15, -0.1) is 5.10 Å². The predicted octanol–water partition coefficient (Wildman–Crippen LogP) is -0.524. The molecule has 0 spiro atoms. The molecule has 2 N–H and O–H groups in total. The molecule has 5 heteroatoms. The lowest BCUT2D eigenvalue weighted by atomic mass is 10.2. The van der Waals surface area contributed by atoms with E-state index in [4.69, 9.17) is 0 Å². The Morgan fingerprint density at radius 2 is 2.50 bits per heavy atom. The maximum absolute atomic E-state index is 9.18. The number of nitrogens with one attached hydrogen (secondary N) is 1. The Bertz CT molecular complexity index is 266. The van der Waals surface area contributed by atoms with Crippen LogP contribution in [0.25, 0.3) is 0 Å². The highest BCUT2D eigenvalue weighted by Gasteiger charge is 2.20. The summed E-state index contributed by atoms with van der Waals surface area (Å²) in [7, 11) is 0. The minimum Gasteiger partial charge on any atom is -0.387 e. The van der Waals surface area contributed by atoms with Crippen LogP contribution in [0.2, 0.25) is 0 Å². The van der Waals surface area contributed by atoms with Crippen LogP contribution in [0.4, 0.5) is 0 Å². The van der Waals surface area contributed by atoms with Gasteiger partial charge in [-0.1, -0.05) is 5.21 Å². The normalized spacial score (nSPS) is 20.5. The molecule has 1 aliphatic heterocycles. The summed E-state index contributed by atoms with van der Waals surface area (Å²) in [6, 6.07) is 0.421. The molecule has 1 aromatic rings. The number of rotatable bonds is 2. The van der Waals surface area contributed by atoms with Crippen LogP contribution in [0.3, 0.4) is 0 Å². The Kier molecular flexibility index (Phi) is 1.82. The van der Waals surface area contributed by atoms with Gasteiger partial charge in [0.15, 0.2) is 0 Å². The molecule has 2 heterocycles. The number of hydrogen-bond acceptors (Lipinski definition) is 4. The number of aliphatic hydroxyl groups excluding tert-OH is 1. The van der Waals surface area contributed by atoms with E-state index in [0.717, 1.165) is 13.1 Å². The molecule has 0 aliphatic carbocycles. The fourth-order valence-electron chi connectivity index (χ4n) is 1.12. The van der Waals surface area contributed by atoms with Crippen molar-refractivity contribution in [3.05, 3.63) is 11.9 Å². The number of aromatic nitrogens is 3. The second-order valence-electron chi connectivity index (χ2n) is 3.11. The van der Waals surface area contributed by atoms with Crippen LogP contribution in [-0.4, -0.2) is 33.2 Å². The first-order valence-electron chi connectivity index (χ1n) is 4.08. The van der Waals surface area contributed by atoms with Crippen molar-refractivity contribution in [1.82, 2.24) is 20.3 Å². The van der Waals surface area contributed by atoms with Crippen LogP contribution in [0.1, 0.15) is 24.8 Å². The molecule has 1 aromatic heterocycles. The van der Waals surface area contributed by atoms with Crippen LogP contribution in [0, 0.1) is 0 Å². The van der Waals surface area contributed by atoms with Gasteiger partial charge in [0.05, 0.1) is 18.3 Å². The molecule has 0 radical (unpaired) electrons. The maximum Gasteiger partial charge on any atom is 0.111 e. The van der Waals surface area contributed by atoms with E-state index < -0.39 is 6.10 Å². The highest BCUT2D eigenvalue weighted by atomic mass is 16.3. The molecule has 0 saturated carbocycles. The van der Waals surface area contributed by atoms with Crippen molar-refractivity contribution < 1.29 is 5.11 Å². The van der Waals surface area contributed by atoms with Crippen molar-refractivity contribution in [2.75, 3.05) is 13.1 Å². The Morgan fingerprint density at radius 1 is 1.75 bits per heavy atom. The number of hydrogen-bond donors (Lipinski definition) is 2. The van der Waals surface area contributed by atoms with Gasteiger partial charge in [-0.25, -0.2) is 4.68 Å². The molecule has 0 unspecified atom stereocenters. The quantitative estimate of drug-likeness (QED) is 0.623. The van der Waals surface area contributed by atoms with Crippen LogP contribution < -0.4 is 5.32 Å². The highest BCUT2D eigenvalue weighted by Crippen LogP contribution is 2.13. The zero-order valence-electron chi connectivity index (χ0n) is 6.94. The van der Waals surface area contributed by atoms with E-state index in [0.29, 0.717) is 11.7 Å². The average Bonchev–Trinajstić information content (AvgIpc) is 2.32. The Labute approximate surface area is 70.4 Å². The summed E-state index contributed by atoms with van der Waals surface area (Å²) in [5, 5.41) is 20.1. The van der Waals surface area contributed by atoms with Crippen LogP contribution in [0.15, 0.2) is 6.20 Å². The first kappa shape index (κ1) is 7.70. The summed E-state index contributed by atoms with van der Waals surface area (Å²) in [5.41, 5.74) is 0.641. The van der Waals surface area contributed by atoms with Crippen molar-refractivity contribution in [2.24, 2.45) is 0 Å². The summed E-state index contributed by atoms with van der Waals surface area (Å²) >= 11 is 0. The average molecular weight is 168 g/mol. The minimum absolute atomic E-state index is 0.421. The molecular formula is C7H12N4O. The van der Waals surface area contributed by atoms with E-state index in [2.05, 4.69) is 15.6 Å². The summed E-state index contributed by atoms with van der Waals surface area (Å²) in [5.74, 6) is 0. The fourth-order valence-corrected chi connectivity index (χ4v) is 1.12. The molecule has 2 rings (SSSR count). The number of aliphatic hydroxyl groups is 1. The standard InChI is InChI=1S/C7H12N4O/c1-5(12)7-4-11(10-9-7)6-2-8-3-6/h4-6,8,12H,2-3H2,1H3/t5-/m0/s1. The van der Waals surface area contributed by atoms with Gasteiger partial charge in [0.2, 0.25) is 0 Å². The van der Waals surface area contributed by atoms with Gasteiger partial charge < -0.3 is 10.4 Å². The molecule has 0 bridgehead atoms. The minimum atomic E-state index is -0.521. The van der Waals surface area contributed by atoms with E-state index >= 15 is 0 Å². The van der Waals surface area contributed by atoms with Gasteiger partial charge in [-0.05, 0) is 6.92 Å². The Morgan fingerprint density at radius 3 is 2.92 bits per heavy atom. The zero-order valence-corrected chi connectivity index (χ0v) is 6.94. The van der Waals surface area contributed by atoms with E-state index in [-0.39, 0.29) is 0 Å². The molecule has 1 fully saturated rings. The van der Waals surface area contributed by atoms with Gasteiger partial charge in [0.1, 0.15) is 5.69 Å². The van der Waals surface area contributed by atoms with Gasteiger partial charge in [0.25, 0.3) is 0 Å². The van der Waals surface area contributed by atoms with Crippen molar-refractivity contribution in [1.29, 1.82) is 0 Å². The fraction of sp³-hybridized carbons (Fsp3) is 0.714. The van der Waals surface area contributed by atoms with E-state index in [9.17, 15) is 5.11 Å². The van der Waals surface area contributed by atoms with E-state index in [1.807, 2.05) is 0 Å². The third kappa shape index (κ3) is 1.21. The Hall–Kier alpha value is -0.940. The molecular weight excluding hydrogens is 156 g/mol. The molecule has 0 amide bonds. The smallest absolute Gasteiger partial charge is 0.111 e. The lowest BCUT2D eigenvalue weighted by molar-refractivity contribution is 0.194. The number of nitrogens with zero attached hydrogens (tertiary/aromatic N) is 3. The molecule has 1 saturated heterocycles. The van der Waals surface area contributed by atoms with Gasteiger partial charge in [-0.3, -0.25) is 0 Å². The second-order valence-corrected chi connectivity index (χ2v) is 3.11. The van der Waals surface area contributed by atoms with Crippen molar-refractivity contribution >= 4 is 0 Å². The van der Waals surface area contributed by atoms with Gasteiger partial charge in [-0.2, -0.15) is 0 Å². The second kappa shape index (κ2) is 2.84. The molecule has 12 heavy (non-hydrogen) atoms. The van der Waals surface area contributed by atoms with Gasteiger partial charge >= 0.3 is 0 Å². The monoisotopic (exact) mass is 168 g/mol. The zero-order chi connectivity index (χ0) is 8.55. The lowest BCUT2D eigenvalue weighted by Crippen LogP contribution is -2.43. The van der Waals surface area contributed by atoms with Gasteiger partial charge in [0, 0.05) is 13.1 Å². The first-order chi connectivity index (χ1) is 5.77. The topological polar surface area (TPSA) is 63.0 Å². The third-order valence-electron chi connectivity index (χ3n) is 2.09. The van der Waals surface area contributed by atoms with E-state index in [1.165, 1.54) is 0 Å².